The first-order valence-electron chi connectivity index (χ1n) is 11.3. The molecule has 2 rings (SSSR count). The van der Waals surface area contributed by atoms with Crippen LogP contribution in [0.25, 0.3) is 0 Å². The number of carbonyl (C=O) groups excluding carboxylic acids is 3. The van der Waals surface area contributed by atoms with E-state index in [2.05, 4.69) is 28.6 Å². The smallest absolute Gasteiger partial charge is 0.314 e. The van der Waals surface area contributed by atoms with Crippen LogP contribution < -0.4 is 16.0 Å². The van der Waals surface area contributed by atoms with Crippen molar-refractivity contribution in [2.24, 2.45) is 0 Å². The summed E-state index contributed by atoms with van der Waals surface area (Å²) in [4.78, 5) is 45.6. The van der Waals surface area contributed by atoms with Crippen LogP contribution in [-0.2, 0) is 13.0 Å². The fraction of sp³-hybridized carbons (Fsp3) is 0.375. The van der Waals surface area contributed by atoms with Gasteiger partial charge in [-0.25, -0.2) is 4.79 Å². The van der Waals surface area contributed by atoms with Gasteiger partial charge in [0.05, 0.1) is 17.1 Å². The zero-order chi connectivity index (χ0) is 25.6. The molecule has 10 nitrogen and oxygen atoms in total. The second-order valence-electron chi connectivity index (χ2n) is 7.86. The van der Waals surface area contributed by atoms with Crippen molar-refractivity contribution < 1.29 is 24.4 Å². The Morgan fingerprint density at radius 3 is 2.06 bits per heavy atom. The van der Waals surface area contributed by atoms with Crippen molar-refractivity contribution >= 4 is 35.4 Å². The molecule has 0 saturated heterocycles. The van der Waals surface area contributed by atoms with Gasteiger partial charge < -0.3 is 21.1 Å². The van der Waals surface area contributed by atoms with Crippen molar-refractivity contribution in [1.29, 1.82) is 0 Å². The van der Waals surface area contributed by atoms with Crippen LogP contribution in [0, 0.1) is 10.1 Å². The molecule has 0 saturated carbocycles. The summed E-state index contributed by atoms with van der Waals surface area (Å²) >= 11 is 3.77. The molecule has 0 aliphatic rings. The molecule has 35 heavy (non-hydrogen) atoms. The summed E-state index contributed by atoms with van der Waals surface area (Å²) in [7, 11) is 0. The first-order valence-corrected chi connectivity index (χ1v) is 11.8. The predicted molar refractivity (Wildman–Crippen MR) is 135 cm³/mol. The van der Waals surface area contributed by atoms with Crippen LogP contribution in [0.5, 0.6) is 0 Å². The van der Waals surface area contributed by atoms with Crippen LogP contribution in [0.1, 0.15) is 57.5 Å². The summed E-state index contributed by atoms with van der Waals surface area (Å²) in [6.45, 7) is 0.985. The highest BCUT2D eigenvalue weighted by atomic mass is 32.1. The summed E-state index contributed by atoms with van der Waals surface area (Å²) in [6.07, 6.45) is 3.93. The fourth-order valence-electron chi connectivity index (χ4n) is 3.32. The molecule has 0 fully saturated rings. The molecular weight excluding hydrogens is 472 g/mol. The van der Waals surface area contributed by atoms with Crippen LogP contribution in [0.3, 0.4) is 0 Å². The number of nitrogens with zero attached hydrogens (tertiary/aromatic N) is 1. The Kier molecular flexibility index (Phi) is 11.7. The van der Waals surface area contributed by atoms with Crippen molar-refractivity contribution in [2.75, 3.05) is 19.6 Å². The number of hydrogen-bond donors (Lipinski definition) is 5. The van der Waals surface area contributed by atoms with Gasteiger partial charge >= 0.3 is 6.03 Å². The van der Waals surface area contributed by atoms with Crippen molar-refractivity contribution in [1.82, 2.24) is 16.0 Å². The molecule has 0 bridgehead atoms. The van der Waals surface area contributed by atoms with Gasteiger partial charge in [-0.15, -0.1) is 12.6 Å². The summed E-state index contributed by atoms with van der Waals surface area (Å²) in [5, 5.41) is 28.2. The van der Waals surface area contributed by atoms with E-state index in [1.54, 1.807) is 12.1 Å². The number of rotatable bonds is 14. The van der Waals surface area contributed by atoms with Crippen LogP contribution in [0.4, 0.5) is 10.5 Å². The molecule has 0 atom stereocenters. The number of aliphatic hydroxyl groups excluding tert-OH is 1. The molecule has 0 aromatic heterocycles. The molecule has 2 aromatic rings. The average molecular weight is 503 g/mol. The number of unbranched alkanes of at least 4 members (excludes halogenated alkanes) is 3. The zero-order valence-corrected chi connectivity index (χ0v) is 20.2. The Morgan fingerprint density at radius 2 is 1.46 bits per heavy atom. The predicted octanol–water partition coefficient (Wildman–Crippen LogP) is 2.99. The van der Waals surface area contributed by atoms with Crippen molar-refractivity contribution in [3.63, 3.8) is 0 Å². The van der Waals surface area contributed by atoms with Crippen LogP contribution in [0.2, 0.25) is 0 Å². The van der Waals surface area contributed by atoms with E-state index in [4.69, 9.17) is 5.11 Å². The third kappa shape index (κ3) is 9.75. The minimum Gasteiger partial charge on any atom is -0.391 e. The lowest BCUT2D eigenvalue weighted by atomic mass is 10.1. The minimum absolute atomic E-state index is 0.159. The van der Waals surface area contributed by atoms with E-state index >= 15 is 0 Å². The van der Waals surface area contributed by atoms with Gasteiger partial charge in [-0.05, 0) is 37.0 Å². The molecule has 11 heteroatoms. The molecule has 188 valence electrons. The van der Waals surface area contributed by atoms with E-state index in [1.165, 1.54) is 18.2 Å². The number of nitro benzene ring substituents is 1. The Balaban J connectivity index is 1.53. The van der Waals surface area contributed by atoms with Crippen LogP contribution in [0.15, 0.2) is 42.5 Å². The van der Waals surface area contributed by atoms with E-state index in [0.29, 0.717) is 31.6 Å². The zero-order valence-electron chi connectivity index (χ0n) is 19.3. The highest BCUT2D eigenvalue weighted by molar-refractivity contribution is 7.97. The number of thiol groups is 1. The maximum Gasteiger partial charge on any atom is 0.314 e. The molecule has 0 aliphatic heterocycles. The Hall–Kier alpha value is -3.44. The van der Waals surface area contributed by atoms with E-state index in [1.807, 2.05) is 12.1 Å². The largest absolute Gasteiger partial charge is 0.391 e. The summed E-state index contributed by atoms with van der Waals surface area (Å²) in [5.74, 6) is -0.401. The summed E-state index contributed by atoms with van der Waals surface area (Å²) in [5.41, 5.74) is 1.60. The highest BCUT2D eigenvalue weighted by Gasteiger charge is 2.16. The first kappa shape index (κ1) is 27.8. The number of amides is 3. The number of carbonyl (C=O) groups is 3. The van der Waals surface area contributed by atoms with Crippen molar-refractivity contribution in [3.8, 4) is 0 Å². The highest BCUT2D eigenvalue weighted by Crippen LogP contribution is 2.20. The van der Waals surface area contributed by atoms with Gasteiger partial charge in [0.2, 0.25) is 5.12 Å². The quantitative estimate of drug-likeness (QED) is 0.116. The monoisotopic (exact) mass is 502 g/mol. The normalized spacial score (nSPS) is 10.5. The second-order valence-corrected chi connectivity index (χ2v) is 8.27. The number of aliphatic hydroxyl groups is 1. The number of hydrogen-bond acceptors (Lipinski definition) is 6. The molecule has 4 N–H and O–H groups in total. The molecule has 2 aromatic carbocycles. The van der Waals surface area contributed by atoms with Crippen molar-refractivity contribution in [3.05, 3.63) is 74.8 Å². The maximum atomic E-state index is 12.2. The molecule has 0 unspecified atom stereocenters. The van der Waals surface area contributed by atoms with Gasteiger partial charge in [0.1, 0.15) is 0 Å². The van der Waals surface area contributed by atoms with E-state index < -0.39 is 17.4 Å². The SMILES string of the molecule is O=C(NCCCCCCNC(=O)c1ccc(CO)c([N+](=O)[O-])c1)NCCc1ccc(C(=O)S)cc1. The number of nitrogens with one attached hydrogen (secondary N) is 3. The Labute approximate surface area is 209 Å². The van der Waals surface area contributed by atoms with Crippen LogP contribution >= 0.6 is 12.6 Å². The number of nitro groups is 1. The van der Waals surface area contributed by atoms with Gasteiger partial charge in [0, 0.05) is 36.8 Å². The number of urea groups is 1. The molecule has 0 heterocycles. The third-order valence-electron chi connectivity index (χ3n) is 5.29. The van der Waals surface area contributed by atoms with Gasteiger partial charge in [-0.2, -0.15) is 0 Å². The maximum absolute atomic E-state index is 12.2. The molecular formula is C24H30N4O6S. The summed E-state index contributed by atoms with van der Waals surface area (Å²) in [6, 6.07) is 10.8. The van der Waals surface area contributed by atoms with Gasteiger partial charge in [-0.3, -0.25) is 19.7 Å². The van der Waals surface area contributed by atoms with Gasteiger partial charge in [0.25, 0.3) is 11.6 Å². The molecule has 3 amide bonds. The first-order chi connectivity index (χ1) is 16.8. The Morgan fingerprint density at radius 1 is 0.857 bits per heavy atom. The summed E-state index contributed by atoms with van der Waals surface area (Å²) < 4.78 is 0. The lowest BCUT2D eigenvalue weighted by molar-refractivity contribution is -0.385. The fourth-order valence-corrected chi connectivity index (χ4v) is 3.46. The Bertz CT molecular complexity index is 1030. The third-order valence-corrected chi connectivity index (χ3v) is 5.55. The lowest BCUT2D eigenvalue weighted by Crippen LogP contribution is -2.37. The minimum atomic E-state index is -0.622. The molecule has 0 radical (unpaired) electrons. The second kappa shape index (κ2) is 14.7. The number of benzene rings is 2. The van der Waals surface area contributed by atoms with E-state index in [9.17, 15) is 24.5 Å². The topological polar surface area (TPSA) is 151 Å². The molecule has 0 aliphatic carbocycles. The van der Waals surface area contributed by atoms with E-state index in [0.717, 1.165) is 31.2 Å². The van der Waals surface area contributed by atoms with Crippen LogP contribution in [-0.4, -0.2) is 46.7 Å². The van der Waals surface area contributed by atoms with E-state index in [-0.39, 0.29) is 28.0 Å². The van der Waals surface area contributed by atoms with Gasteiger partial charge in [0.15, 0.2) is 0 Å². The van der Waals surface area contributed by atoms with Crippen molar-refractivity contribution in [2.45, 2.75) is 38.7 Å². The average Bonchev–Trinajstić information content (AvgIpc) is 2.85. The van der Waals surface area contributed by atoms with Gasteiger partial charge in [-0.1, -0.05) is 37.1 Å². The molecule has 0 spiro atoms. The standard InChI is InChI=1S/C24H30N4O6S/c29-16-20-10-9-19(15-21(20)28(33)34)22(30)25-12-3-1-2-4-13-26-24(32)27-14-11-17-5-7-18(8-6-17)23(31)35/h5-10,15,29H,1-4,11-14,16H2,(H,25,30)(H,31,35)(H2,26,27,32). The lowest BCUT2D eigenvalue weighted by Gasteiger charge is -2.08.